The van der Waals surface area contributed by atoms with E-state index in [1.165, 1.54) is 0 Å². The molecular formula is C19H27N3O2. The number of nitrogens with one attached hydrogen (secondary N) is 2. The van der Waals surface area contributed by atoms with Crippen molar-refractivity contribution in [2.75, 3.05) is 29.9 Å². The molecule has 0 spiro atoms. The van der Waals surface area contributed by atoms with Gasteiger partial charge in [0.2, 0.25) is 11.8 Å². The van der Waals surface area contributed by atoms with E-state index in [1.54, 1.807) is 4.90 Å². The maximum Gasteiger partial charge on any atom is 0.227 e. The summed E-state index contributed by atoms with van der Waals surface area (Å²) in [6, 6.07) is 7.60. The molecule has 1 atom stereocenters. The van der Waals surface area contributed by atoms with Crippen LogP contribution < -0.4 is 15.5 Å². The van der Waals surface area contributed by atoms with Gasteiger partial charge in [0.15, 0.2) is 0 Å². The third-order valence-corrected chi connectivity index (χ3v) is 5.24. The molecule has 24 heavy (non-hydrogen) atoms. The minimum atomic E-state index is 0.0418. The zero-order chi connectivity index (χ0) is 16.9. The van der Waals surface area contributed by atoms with Gasteiger partial charge in [-0.25, -0.2) is 0 Å². The van der Waals surface area contributed by atoms with Crippen LogP contribution in [-0.4, -0.2) is 31.4 Å². The molecule has 2 aliphatic heterocycles. The third-order valence-electron chi connectivity index (χ3n) is 5.24. The zero-order valence-corrected chi connectivity index (χ0v) is 14.4. The van der Waals surface area contributed by atoms with Gasteiger partial charge in [-0.05, 0) is 56.3 Å². The van der Waals surface area contributed by atoms with E-state index in [-0.39, 0.29) is 11.8 Å². The first kappa shape index (κ1) is 17.0. The number of piperidine rings is 1. The Morgan fingerprint density at radius 3 is 2.79 bits per heavy atom. The molecule has 0 aromatic heterocycles. The maximum absolute atomic E-state index is 12.5. The lowest BCUT2D eigenvalue weighted by Gasteiger charge is -2.28. The second-order valence-electron chi connectivity index (χ2n) is 6.98. The van der Waals surface area contributed by atoms with Crippen molar-refractivity contribution < 1.29 is 9.59 Å². The summed E-state index contributed by atoms with van der Waals surface area (Å²) in [7, 11) is 0. The van der Waals surface area contributed by atoms with Crippen molar-refractivity contribution in [1.29, 1.82) is 0 Å². The Kier molecular flexibility index (Phi) is 5.51. The number of hydrogen-bond acceptors (Lipinski definition) is 3. The van der Waals surface area contributed by atoms with Gasteiger partial charge in [0.25, 0.3) is 0 Å². The molecule has 0 aliphatic carbocycles. The average Bonchev–Trinajstić information content (AvgIpc) is 3.02. The van der Waals surface area contributed by atoms with Crippen molar-refractivity contribution in [3.8, 4) is 0 Å². The van der Waals surface area contributed by atoms with Crippen LogP contribution in [0.3, 0.4) is 0 Å². The predicted octanol–water partition coefficient (Wildman–Crippen LogP) is 2.78. The minimum Gasteiger partial charge on any atom is -0.324 e. The standard InChI is InChI=1S/C19H27N3O2/c1-14(15-8-10-20-11-9-15)13-18(23)21-16-5-2-3-6-17(16)22-12-4-7-19(22)24/h2-3,5-6,14-15,20H,4,7-13H2,1H3,(H,21,23). The molecule has 1 aromatic carbocycles. The minimum absolute atomic E-state index is 0.0418. The number of para-hydroxylation sites is 2. The molecule has 1 aromatic rings. The molecule has 5 heteroatoms. The highest BCUT2D eigenvalue weighted by molar-refractivity contribution is 6.02. The van der Waals surface area contributed by atoms with E-state index in [1.807, 2.05) is 24.3 Å². The number of carbonyl (C=O) groups is 2. The molecule has 2 aliphatic rings. The number of benzene rings is 1. The van der Waals surface area contributed by atoms with Gasteiger partial charge >= 0.3 is 0 Å². The topological polar surface area (TPSA) is 61.4 Å². The van der Waals surface area contributed by atoms with Gasteiger partial charge in [-0.15, -0.1) is 0 Å². The van der Waals surface area contributed by atoms with Crippen LogP contribution in [0.5, 0.6) is 0 Å². The van der Waals surface area contributed by atoms with Crippen molar-refractivity contribution in [3.05, 3.63) is 24.3 Å². The maximum atomic E-state index is 12.5. The smallest absolute Gasteiger partial charge is 0.227 e. The Labute approximate surface area is 143 Å². The summed E-state index contributed by atoms with van der Waals surface area (Å²) in [6.45, 7) is 5.01. The molecule has 2 saturated heterocycles. The second-order valence-corrected chi connectivity index (χ2v) is 6.98. The fraction of sp³-hybridized carbons (Fsp3) is 0.579. The molecule has 0 saturated carbocycles. The number of hydrogen-bond donors (Lipinski definition) is 2. The van der Waals surface area contributed by atoms with Crippen LogP contribution in [0.25, 0.3) is 0 Å². The van der Waals surface area contributed by atoms with Crippen molar-refractivity contribution in [3.63, 3.8) is 0 Å². The van der Waals surface area contributed by atoms with Gasteiger partial charge in [-0.2, -0.15) is 0 Å². The SMILES string of the molecule is CC(CC(=O)Nc1ccccc1N1CCCC1=O)C1CCNCC1. The third kappa shape index (κ3) is 3.96. The summed E-state index contributed by atoms with van der Waals surface area (Å²) in [4.78, 5) is 26.3. The summed E-state index contributed by atoms with van der Waals surface area (Å²) in [5.74, 6) is 1.18. The largest absolute Gasteiger partial charge is 0.324 e. The van der Waals surface area contributed by atoms with Gasteiger partial charge in [-0.1, -0.05) is 19.1 Å². The monoisotopic (exact) mass is 329 g/mol. The second kappa shape index (κ2) is 7.79. The normalized spacial score (nSPS) is 20.2. The van der Waals surface area contributed by atoms with E-state index < -0.39 is 0 Å². The first-order chi connectivity index (χ1) is 11.6. The highest BCUT2D eigenvalue weighted by Gasteiger charge is 2.25. The summed E-state index contributed by atoms with van der Waals surface area (Å²) in [5, 5.41) is 6.40. The van der Waals surface area contributed by atoms with Gasteiger partial charge in [0, 0.05) is 19.4 Å². The molecule has 2 heterocycles. The van der Waals surface area contributed by atoms with Gasteiger partial charge in [0.05, 0.1) is 11.4 Å². The zero-order valence-electron chi connectivity index (χ0n) is 14.4. The first-order valence-corrected chi connectivity index (χ1v) is 9.05. The number of anilines is 2. The van der Waals surface area contributed by atoms with Crippen LogP contribution in [-0.2, 0) is 9.59 Å². The molecule has 2 N–H and O–H groups in total. The molecule has 2 fully saturated rings. The van der Waals surface area contributed by atoms with E-state index >= 15 is 0 Å². The van der Waals surface area contributed by atoms with Crippen molar-refractivity contribution in [1.82, 2.24) is 5.32 Å². The van der Waals surface area contributed by atoms with Crippen LogP contribution >= 0.6 is 0 Å². The summed E-state index contributed by atoms with van der Waals surface area (Å²) in [5.41, 5.74) is 1.57. The molecule has 130 valence electrons. The van der Waals surface area contributed by atoms with Crippen molar-refractivity contribution in [2.24, 2.45) is 11.8 Å². The number of amides is 2. The Morgan fingerprint density at radius 2 is 2.08 bits per heavy atom. The molecular weight excluding hydrogens is 302 g/mol. The Bertz CT molecular complexity index is 596. The van der Waals surface area contributed by atoms with Crippen molar-refractivity contribution in [2.45, 2.75) is 39.0 Å². The van der Waals surface area contributed by atoms with Gasteiger partial charge < -0.3 is 15.5 Å². The van der Waals surface area contributed by atoms with Gasteiger partial charge in [-0.3, -0.25) is 9.59 Å². The fourth-order valence-electron chi connectivity index (χ4n) is 3.79. The number of carbonyl (C=O) groups excluding carboxylic acids is 2. The van der Waals surface area contributed by atoms with E-state index in [9.17, 15) is 9.59 Å². The van der Waals surface area contributed by atoms with Crippen LogP contribution in [0.2, 0.25) is 0 Å². The van der Waals surface area contributed by atoms with Crippen LogP contribution in [0.15, 0.2) is 24.3 Å². The predicted molar refractivity (Wildman–Crippen MR) is 96.0 cm³/mol. The molecule has 2 amide bonds. The van der Waals surface area contributed by atoms with E-state index in [0.717, 1.165) is 50.3 Å². The van der Waals surface area contributed by atoms with Gasteiger partial charge in [0.1, 0.15) is 0 Å². The van der Waals surface area contributed by atoms with E-state index in [2.05, 4.69) is 17.6 Å². The number of nitrogens with zero attached hydrogens (tertiary/aromatic N) is 1. The highest BCUT2D eigenvalue weighted by Crippen LogP contribution is 2.30. The Morgan fingerprint density at radius 1 is 1.33 bits per heavy atom. The lowest BCUT2D eigenvalue weighted by atomic mass is 9.84. The quantitative estimate of drug-likeness (QED) is 0.873. The Balaban J connectivity index is 1.63. The average molecular weight is 329 g/mol. The van der Waals surface area contributed by atoms with Crippen molar-refractivity contribution >= 4 is 23.2 Å². The lowest BCUT2D eigenvalue weighted by Crippen LogP contribution is -2.32. The summed E-state index contributed by atoms with van der Waals surface area (Å²) < 4.78 is 0. The van der Waals surface area contributed by atoms with Crippen LogP contribution in [0.4, 0.5) is 11.4 Å². The Hall–Kier alpha value is -1.88. The van der Waals surface area contributed by atoms with Crippen LogP contribution in [0, 0.1) is 11.8 Å². The molecule has 0 radical (unpaired) electrons. The van der Waals surface area contributed by atoms with E-state index in [0.29, 0.717) is 24.7 Å². The molecule has 0 bridgehead atoms. The highest BCUT2D eigenvalue weighted by atomic mass is 16.2. The molecule has 3 rings (SSSR count). The first-order valence-electron chi connectivity index (χ1n) is 9.05. The summed E-state index contributed by atoms with van der Waals surface area (Å²) >= 11 is 0. The van der Waals surface area contributed by atoms with E-state index in [4.69, 9.17) is 0 Å². The number of rotatable bonds is 5. The summed E-state index contributed by atoms with van der Waals surface area (Å²) in [6.07, 6.45) is 4.30. The van der Waals surface area contributed by atoms with Crippen LogP contribution in [0.1, 0.15) is 39.0 Å². The lowest BCUT2D eigenvalue weighted by molar-refractivity contribution is -0.118. The molecule has 1 unspecified atom stereocenters. The fourth-order valence-corrected chi connectivity index (χ4v) is 3.79. The molecule has 5 nitrogen and oxygen atoms in total.